The van der Waals surface area contributed by atoms with Crippen molar-refractivity contribution in [1.82, 2.24) is 9.38 Å². The number of carbonyl (C=O) groups is 1. The lowest BCUT2D eigenvalue weighted by molar-refractivity contribution is 0.0693. The molecule has 0 atom stereocenters. The van der Waals surface area contributed by atoms with Crippen LogP contribution in [0.1, 0.15) is 29.2 Å². The van der Waals surface area contributed by atoms with Crippen LogP contribution < -0.4 is 5.73 Å². The first-order chi connectivity index (χ1) is 8.18. The summed E-state index contributed by atoms with van der Waals surface area (Å²) in [5.41, 5.74) is 6.41. The summed E-state index contributed by atoms with van der Waals surface area (Å²) in [6, 6.07) is 5.46. The standard InChI is InChI=1S/C12H13N3O2/c13-7-12(4-5-12)11-14-9(10(16)17)8-3-1-2-6-15(8)11/h1-3,6H,4-5,7,13H2,(H,16,17). The van der Waals surface area contributed by atoms with Crippen molar-refractivity contribution in [1.29, 1.82) is 0 Å². The van der Waals surface area contributed by atoms with Crippen LogP contribution >= 0.6 is 0 Å². The summed E-state index contributed by atoms with van der Waals surface area (Å²) in [5, 5.41) is 9.15. The van der Waals surface area contributed by atoms with Crippen molar-refractivity contribution in [3.63, 3.8) is 0 Å². The molecule has 0 saturated heterocycles. The Labute approximate surface area is 97.9 Å². The van der Waals surface area contributed by atoms with Gasteiger partial charge < -0.3 is 15.2 Å². The summed E-state index contributed by atoms with van der Waals surface area (Å²) in [5.74, 6) is -0.208. The van der Waals surface area contributed by atoms with E-state index in [1.165, 1.54) is 0 Å². The van der Waals surface area contributed by atoms with Gasteiger partial charge in [-0.1, -0.05) is 6.07 Å². The Kier molecular flexibility index (Phi) is 2.00. The molecule has 0 radical (unpaired) electrons. The Bertz CT molecular complexity index is 599. The summed E-state index contributed by atoms with van der Waals surface area (Å²) < 4.78 is 1.85. The molecule has 3 rings (SSSR count). The fraction of sp³-hybridized carbons (Fsp3) is 0.333. The first kappa shape index (κ1) is 10.3. The number of hydrogen-bond acceptors (Lipinski definition) is 3. The predicted molar refractivity (Wildman–Crippen MR) is 62.1 cm³/mol. The van der Waals surface area contributed by atoms with Crippen LogP contribution in [0.3, 0.4) is 0 Å². The average molecular weight is 231 g/mol. The fourth-order valence-electron chi connectivity index (χ4n) is 2.24. The molecule has 1 aliphatic carbocycles. The smallest absolute Gasteiger partial charge is 0.356 e. The Morgan fingerprint density at radius 1 is 1.53 bits per heavy atom. The van der Waals surface area contributed by atoms with Crippen molar-refractivity contribution < 1.29 is 9.90 Å². The second kappa shape index (κ2) is 3.30. The highest BCUT2D eigenvalue weighted by molar-refractivity contribution is 5.93. The monoisotopic (exact) mass is 231 g/mol. The number of carboxylic acid groups (broad SMARTS) is 1. The van der Waals surface area contributed by atoms with Gasteiger partial charge in [-0.2, -0.15) is 0 Å². The highest BCUT2D eigenvalue weighted by Gasteiger charge is 2.47. The van der Waals surface area contributed by atoms with E-state index in [9.17, 15) is 4.79 Å². The van der Waals surface area contributed by atoms with Gasteiger partial charge in [0.15, 0.2) is 5.69 Å². The fourth-order valence-corrected chi connectivity index (χ4v) is 2.24. The van der Waals surface area contributed by atoms with Crippen molar-refractivity contribution >= 4 is 11.5 Å². The van der Waals surface area contributed by atoms with Crippen LogP contribution in [0.2, 0.25) is 0 Å². The van der Waals surface area contributed by atoms with Crippen LogP contribution in [0.15, 0.2) is 24.4 Å². The van der Waals surface area contributed by atoms with Crippen LogP contribution in [0.5, 0.6) is 0 Å². The van der Waals surface area contributed by atoms with Gasteiger partial charge >= 0.3 is 5.97 Å². The first-order valence-electron chi connectivity index (χ1n) is 5.59. The highest BCUT2D eigenvalue weighted by Crippen LogP contribution is 2.46. The van der Waals surface area contributed by atoms with E-state index in [-0.39, 0.29) is 11.1 Å². The Morgan fingerprint density at radius 3 is 2.88 bits per heavy atom. The number of aromatic carboxylic acids is 1. The normalized spacial score (nSPS) is 17.2. The molecule has 88 valence electrons. The molecule has 2 aromatic heterocycles. The zero-order valence-corrected chi connectivity index (χ0v) is 9.26. The molecule has 0 spiro atoms. The summed E-state index contributed by atoms with van der Waals surface area (Å²) in [7, 11) is 0. The van der Waals surface area contributed by atoms with E-state index < -0.39 is 5.97 Å². The average Bonchev–Trinajstić information content (AvgIpc) is 3.03. The lowest BCUT2D eigenvalue weighted by atomic mass is 10.1. The first-order valence-corrected chi connectivity index (χ1v) is 5.59. The zero-order chi connectivity index (χ0) is 12.0. The number of nitrogens with zero attached hydrogens (tertiary/aromatic N) is 2. The maximum absolute atomic E-state index is 11.2. The van der Waals surface area contributed by atoms with Gasteiger partial charge in [0, 0.05) is 18.2 Å². The Balaban J connectivity index is 2.29. The van der Waals surface area contributed by atoms with Crippen molar-refractivity contribution in [2.24, 2.45) is 5.73 Å². The van der Waals surface area contributed by atoms with E-state index in [1.54, 1.807) is 6.07 Å². The molecule has 1 saturated carbocycles. The number of fused-ring (bicyclic) bond motifs is 1. The van der Waals surface area contributed by atoms with Gasteiger partial charge in [0.1, 0.15) is 5.82 Å². The van der Waals surface area contributed by atoms with Gasteiger partial charge in [0.2, 0.25) is 0 Å². The van der Waals surface area contributed by atoms with E-state index in [0.717, 1.165) is 18.7 Å². The second-order valence-electron chi connectivity index (χ2n) is 4.53. The largest absolute Gasteiger partial charge is 0.476 e. The maximum atomic E-state index is 11.2. The molecular weight excluding hydrogens is 218 g/mol. The summed E-state index contributed by atoms with van der Waals surface area (Å²) in [6.07, 6.45) is 3.81. The van der Waals surface area contributed by atoms with E-state index in [1.807, 2.05) is 22.7 Å². The lowest BCUT2D eigenvalue weighted by Crippen LogP contribution is -2.22. The van der Waals surface area contributed by atoms with Gasteiger partial charge in [0.05, 0.1) is 5.52 Å². The van der Waals surface area contributed by atoms with E-state index in [2.05, 4.69) is 4.98 Å². The van der Waals surface area contributed by atoms with Crippen LogP contribution in [0.25, 0.3) is 5.52 Å². The number of imidazole rings is 1. The molecule has 0 bridgehead atoms. The van der Waals surface area contributed by atoms with Gasteiger partial charge in [0.25, 0.3) is 0 Å². The molecule has 17 heavy (non-hydrogen) atoms. The van der Waals surface area contributed by atoms with E-state index in [0.29, 0.717) is 12.1 Å². The van der Waals surface area contributed by atoms with E-state index >= 15 is 0 Å². The third kappa shape index (κ3) is 1.36. The predicted octanol–water partition coefficient (Wildman–Crippen LogP) is 1.02. The molecule has 5 nitrogen and oxygen atoms in total. The van der Waals surface area contributed by atoms with Gasteiger partial charge in [-0.25, -0.2) is 9.78 Å². The van der Waals surface area contributed by atoms with Gasteiger partial charge in [-0.3, -0.25) is 0 Å². The number of pyridine rings is 1. The van der Waals surface area contributed by atoms with Crippen molar-refractivity contribution in [2.45, 2.75) is 18.3 Å². The SMILES string of the molecule is NCC1(c2nc(C(=O)O)c3ccccn23)CC1. The molecule has 0 amide bonds. The Morgan fingerprint density at radius 2 is 2.29 bits per heavy atom. The highest BCUT2D eigenvalue weighted by atomic mass is 16.4. The second-order valence-corrected chi connectivity index (χ2v) is 4.53. The molecule has 0 aromatic carbocycles. The van der Waals surface area contributed by atoms with Crippen LogP contribution in [0, 0.1) is 0 Å². The molecule has 2 aromatic rings. The van der Waals surface area contributed by atoms with Crippen LogP contribution in [-0.2, 0) is 5.41 Å². The quantitative estimate of drug-likeness (QED) is 0.826. The number of hydrogen-bond donors (Lipinski definition) is 2. The molecule has 0 unspecified atom stereocenters. The maximum Gasteiger partial charge on any atom is 0.356 e. The molecule has 1 aliphatic rings. The van der Waals surface area contributed by atoms with Crippen LogP contribution in [-0.4, -0.2) is 27.0 Å². The number of nitrogens with two attached hydrogens (primary N) is 1. The molecule has 5 heteroatoms. The summed E-state index contributed by atoms with van der Waals surface area (Å²) in [6.45, 7) is 0.514. The van der Waals surface area contributed by atoms with Crippen molar-refractivity contribution in [2.75, 3.05) is 6.54 Å². The third-order valence-corrected chi connectivity index (χ3v) is 3.47. The zero-order valence-electron chi connectivity index (χ0n) is 9.26. The van der Waals surface area contributed by atoms with Crippen LogP contribution in [0.4, 0.5) is 0 Å². The number of aromatic nitrogens is 2. The minimum absolute atomic E-state index is 0.111. The van der Waals surface area contributed by atoms with Gasteiger partial charge in [-0.15, -0.1) is 0 Å². The lowest BCUT2D eigenvalue weighted by Gasteiger charge is -2.10. The van der Waals surface area contributed by atoms with E-state index in [4.69, 9.17) is 10.8 Å². The number of carboxylic acids is 1. The summed E-state index contributed by atoms with van der Waals surface area (Å²) in [4.78, 5) is 15.4. The Hall–Kier alpha value is -1.88. The topological polar surface area (TPSA) is 80.6 Å². The molecular formula is C12H13N3O2. The molecule has 1 fully saturated rings. The molecule has 2 heterocycles. The minimum Gasteiger partial charge on any atom is -0.476 e. The minimum atomic E-state index is -0.993. The number of rotatable bonds is 3. The van der Waals surface area contributed by atoms with Gasteiger partial charge in [-0.05, 0) is 25.0 Å². The molecule has 0 aliphatic heterocycles. The summed E-state index contributed by atoms with van der Waals surface area (Å²) >= 11 is 0. The van der Waals surface area contributed by atoms with Crippen molar-refractivity contribution in [3.8, 4) is 0 Å². The molecule has 3 N–H and O–H groups in total. The third-order valence-electron chi connectivity index (χ3n) is 3.47. The van der Waals surface area contributed by atoms with Crippen molar-refractivity contribution in [3.05, 3.63) is 35.9 Å².